The summed E-state index contributed by atoms with van der Waals surface area (Å²) in [6.07, 6.45) is 0.883. The molecule has 0 aliphatic carbocycles. The number of nitrogens with one attached hydrogen (secondary N) is 1. The van der Waals surface area contributed by atoms with Crippen LogP contribution in [0.1, 0.15) is 33.6 Å². The van der Waals surface area contributed by atoms with Gasteiger partial charge in [0.05, 0.1) is 19.0 Å². The Kier molecular flexibility index (Phi) is 5.47. The van der Waals surface area contributed by atoms with Gasteiger partial charge in [0.15, 0.2) is 0 Å². The number of likely N-dealkylation sites (N-methyl/N-ethyl adjacent to an activating group) is 1. The minimum Gasteiger partial charge on any atom is -0.345 e. The molecule has 3 amide bonds. The van der Waals surface area contributed by atoms with Crippen molar-refractivity contribution in [1.29, 1.82) is 0 Å². The summed E-state index contributed by atoms with van der Waals surface area (Å²) in [6, 6.07) is -0.642. The lowest BCUT2D eigenvalue weighted by molar-refractivity contribution is -0.141. The van der Waals surface area contributed by atoms with Gasteiger partial charge in [0, 0.05) is 19.6 Å². The van der Waals surface area contributed by atoms with Crippen LogP contribution in [0.25, 0.3) is 0 Å². The number of carbonyl (C=O) groups is 3. The molecule has 0 bridgehead atoms. The highest BCUT2D eigenvalue weighted by atomic mass is 16.2. The molecule has 1 aliphatic heterocycles. The molecule has 0 saturated carbocycles. The van der Waals surface area contributed by atoms with Crippen LogP contribution in [0.2, 0.25) is 0 Å². The van der Waals surface area contributed by atoms with Crippen LogP contribution >= 0.6 is 0 Å². The molecule has 6 heteroatoms. The van der Waals surface area contributed by atoms with Gasteiger partial charge >= 0.3 is 0 Å². The van der Waals surface area contributed by atoms with Crippen LogP contribution in [0.3, 0.4) is 0 Å². The first-order chi connectivity index (χ1) is 8.92. The molecule has 19 heavy (non-hydrogen) atoms. The second kappa shape index (κ2) is 6.65. The van der Waals surface area contributed by atoms with Crippen molar-refractivity contribution in [3.8, 4) is 0 Å². The smallest absolute Gasteiger partial charge is 0.247 e. The summed E-state index contributed by atoms with van der Waals surface area (Å²) in [5.74, 6) is -0.454. The van der Waals surface area contributed by atoms with E-state index in [0.717, 1.165) is 6.42 Å². The minimum atomic E-state index is -0.560. The zero-order chi connectivity index (χ0) is 14.6. The fourth-order valence-corrected chi connectivity index (χ4v) is 1.98. The van der Waals surface area contributed by atoms with Crippen molar-refractivity contribution >= 4 is 17.7 Å². The normalized spacial score (nSPS) is 20.8. The summed E-state index contributed by atoms with van der Waals surface area (Å²) in [5.41, 5.74) is 0. The number of carbonyl (C=O) groups excluding carboxylic acids is 3. The van der Waals surface area contributed by atoms with E-state index in [-0.39, 0.29) is 36.7 Å². The van der Waals surface area contributed by atoms with Gasteiger partial charge in [-0.3, -0.25) is 24.6 Å². The average Bonchev–Trinajstić information content (AvgIpc) is 2.69. The minimum absolute atomic E-state index is 0.0789. The van der Waals surface area contributed by atoms with Gasteiger partial charge in [-0.2, -0.15) is 0 Å². The van der Waals surface area contributed by atoms with Crippen LogP contribution in [0, 0.1) is 0 Å². The molecular formula is C13H23N3O3. The second-order valence-corrected chi connectivity index (χ2v) is 4.90. The van der Waals surface area contributed by atoms with Crippen molar-refractivity contribution in [2.75, 3.05) is 20.1 Å². The Morgan fingerprint density at radius 2 is 2.11 bits per heavy atom. The number of imide groups is 1. The monoisotopic (exact) mass is 269 g/mol. The number of amides is 3. The quantitative estimate of drug-likeness (QED) is 0.688. The lowest BCUT2D eigenvalue weighted by Gasteiger charge is -2.22. The fourth-order valence-electron chi connectivity index (χ4n) is 1.98. The zero-order valence-corrected chi connectivity index (χ0v) is 12.1. The zero-order valence-electron chi connectivity index (χ0n) is 12.1. The molecule has 108 valence electrons. The van der Waals surface area contributed by atoms with Gasteiger partial charge < -0.3 is 4.90 Å². The Morgan fingerprint density at radius 1 is 1.47 bits per heavy atom. The van der Waals surface area contributed by atoms with Gasteiger partial charge in [-0.25, -0.2) is 0 Å². The summed E-state index contributed by atoms with van der Waals surface area (Å²) in [7, 11) is 1.71. The summed E-state index contributed by atoms with van der Waals surface area (Å²) in [5, 5.41) is 2.88. The largest absolute Gasteiger partial charge is 0.345 e. The number of likely N-dealkylation sites (tertiary alicyclic amines) is 1. The van der Waals surface area contributed by atoms with Crippen LogP contribution in [0.15, 0.2) is 0 Å². The first kappa shape index (κ1) is 15.6. The predicted molar refractivity (Wildman–Crippen MR) is 71.3 cm³/mol. The van der Waals surface area contributed by atoms with Gasteiger partial charge in [0.25, 0.3) is 0 Å². The van der Waals surface area contributed by atoms with Gasteiger partial charge in [-0.1, -0.05) is 6.92 Å². The maximum Gasteiger partial charge on any atom is 0.247 e. The van der Waals surface area contributed by atoms with E-state index in [1.807, 2.05) is 20.8 Å². The maximum absolute atomic E-state index is 12.1. The van der Waals surface area contributed by atoms with Crippen molar-refractivity contribution in [3.05, 3.63) is 0 Å². The molecule has 1 N–H and O–H groups in total. The average molecular weight is 269 g/mol. The second-order valence-electron chi connectivity index (χ2n) is 4.90. The molecular weight excluding hydrogens is 246 g/mol. The molecule has 0 aromatic carbocycles. The van der Waals surface area contributed by atoms with E-state index in [4.69, 9.17) is 0 Å². The number of hydrogen-bond acceptors (Lipinski definition) is 4. The Labute approximate surface area is 114 Å². The van der Waals surface area contributed by atoms with Crippen molar-refractivity contribution in [3.63, 3.8) is 0 Å². The Bertz CT molecular complexity index is 370. The van der Waals surface area contributed by atoms with Crippen LogP contribution in [-0.4, -0.2) is 59.7 Å². The molecule has 0 aromatic rings. The van der Waals surface area contributed by atoms with Crippen LogP contribution < -0.4 is 5.32 Å². The summed E-state index contributed by atoms with van der Waals surface area (Å²) >= 11 is 0. The number of rotatable bonds is 6. The van der Waals surface area contributed by atoms with Gasteiger partial charge in [0.1, 0.15) is 0 Å². The summed E-state index contributed by atoms with van der Waals surface area (Å²) in [4.78, 5) is 38.4. The molecule has 1 fully saturated rings. The number of hydrogen-bond donors (Lipinski definition) is 1. The maximum atomic E-state index is 12.1. The highest BCUT2D eigenvalue weighted by Gasteiger charge is 2.40. The molecule has 1 heterocycles. The number of nitrogens with zero attached hydrogens (tertiary/aromatic N) is 2. The molecule has 0 radical (unpaired) electrons. The highest BCUT2D eigenvalue weighted by Crippen LogP contribution is 2.17. The SMILES string of the molecule is CCC(C)N1C(=O)CC(NCC(=O)N(C)CC)C1=O. The lowest BCUT2D eigenvalue weighted by atomic mass is 10.2. The van der Waals surface area contributed by atoms with Crippen molar-refractivity contribution in [2.24, 2.45) is 0 Å². The van der Waals surface area contributed by atoms with Gasteiger partial charge in [-0.15, -0.1) is 0 Å². The topological polar surface area (TPSA) is 69.7 Å². The predicted octanol–water partition coefficient (Wildman–Crippen LogP) is -0.0197. The molecule has 2 unspecified atom stereocenters. The third-order valence-electron chi connectivity index (χ3n) is 3.61. The van der Waals surface area contributed by atoms with E-state index < -0.39 is 6.04 Å². The van der Waals surface area contributed by atoms with E-state index in [1.54, 1.807) is 11.9 Å². The molecule has 6 nitrogen and oxygen atoms in total. The summed E-state index contributed by atoms with van der Waals surface area (Å²) < 4.78 is 0. The lowest BCUT2D eigenvalue weighted by Crippen LogP contribution is -2.45. The molecule has 0 spiro atoms. The van der Waals surface area contributed by atoms with E-state index >= 15 is 0 Å². The molecule has 0 aromatic heterocycles. The highest BCUT2D eigenvalue weighted by molar-refractivity contribution is 6.06. The Hall–Kier alpha value is -1.43. The molecule has 2 atom stereocenters. The Morgan fingerprint density at radius 3 is 2.63 bits per heavy atom. The third kappa shape index (κ3) is 3.53. The van der Waals surface area contributed by atoms with Crippen molar-refractivity contribution in [2.45, 2.75) is 45.7 Å². The van der Waals surface area contributed by atoms with Crippen molar-refractivity contribution < 1.29 is 14.4 Å². The molecule has 1 rings (SSSR count). The fraction of sp³-hybridized carbons (Fsp3) is 0.769. The Balaban J connectivity index is 2.56. The van der Waals surface area contributed by atoms with Crippen LogP contribution in [0.4, 0.5) is 0 Å². The van der Waals surface area contributed by atoms with E-state index in [9.17, 15) is 14.4 Å². The van der Waals surface area contributed by atoms with Gasteiger partial charge in [0.2, 0.25) is 17.7 Å². The van der Waals surface area contributed by atoms with Gasteiger partial charge in [-0.05, 0) is 20.3 Å². The van der Waals surface area contributed by atoms with E-state index in [0.29, 0.717) is 6.54 Å². The first-order valence-electron chi connectivity index (χ1n) is 6.75. The van der Waals surface area contributed by atoms with E-state index in [2.05, 4.69) is 5.32 Å². The standard InChI is InChI=1S/C13H23N3O3/c1-5-9(3)16-11(17)7-10(13(16)19)14-8-12(18)15(4)6-2/h9-10,14H,5-8H2,1-4H3. The molecule has 1 saturated heterocycles. The third-order valence-corrected chi connectivity index (χ3v) is 3.61. The molecule has 1 aliphatic rings. The van der Waals surface area contributed by atoms with E-state index in [1.165, 1.54) is 4.90 Å². The first-order valence-corrected chi connectivity index (χ1v) is 6.75. The van der Waals surface area contributed by atoms with Crippen molar-refractivity contribution in [1.82, 2.24) is 15.1 Å². The van der Waals surface area contributed by atoms with Crippen LogP contribution in [0.5, 0.6) is 0 Å². The van der Waals surface area contributed by atoms with Crippen LogP contribution in [-0.2, 0) is 14.4 Å². The summed E-state index contributed by atoms with van der Waals surface area (Å²) in [6.45, 7) is 6.38.